The Morgan fingerprint density at radius 1 is 1.55 bits per heavy atom. The molecule has 3 rings (SSSR count). The highest BCUT2D eigenvalue weighted by molar-refractivity contribution is 6.28. The summed E-state index contributed by atoms with van der Waals surface area (Å²) in [5.41, 5.74) is 0.191. The predicted molar refractivity (Wildman–Crippen MR) is 75.7 cm³/mol. The maximum atomic E-state index is 12.0. The monoisotopic (exact) mass is 294 g/mol. The fraction of sp³-hybridized carbons (Fsp3) is 0.500. The van der Waals surface area contributed by atoms with Crippen molar-refractivity contribution >= 4 is 34.4 Å². The molecule has 2 aromatic rings. The fourth-order valence-electron chi connectivity index (χ4n) is 2.66. The lowest BCUT2D eigenvalue weighted by Gasteiger charge is -2.23. The quantitative estimate of drug-likeness (QED) is 0.806. The van der Waals surface area contributed by atoms with Gasteiger partial charge >= 0.3 is 0 Å². The molecule has 2 aromatic heterocycles. The van der Waals surface area contributed by atoms with Gasteiger partial charge in [-0.15, -0.1) is 0 Å². The summed E-state index contributed by atoms with van der Waals surface area (Å²) >= 11 is 5.94. The van der Waals surface area contributed by atoms with Gasteiger partial charge < -0.3 is 10.2 Å². The van der Waals surface area contributed by atoms with Gasteiger partial charge in [0.25, 0.3) is 0 Å². The summed E-state index contributed by atoms with van der Waals surface area (Å²) < 4.78 is 0. The van der Waals surface area contributed by atoms with Gasteiger partial charge in [0.2, 0.25) is 11.2 Å². The van der Waals surface area contributed by atoms with Gasteiger partial charge in [0, 0.05) is 20.1 Å². The first-order chi connectivity index (χ1) is 9.53. The molecule has 0 aromatic carbocycles. The zero-order valence-electron chi connectivity index (χ0n) is 11.3. The highest BCUT2D eigenvalue weighted by atomic mass is 35.5. The van der Waals surface area contributed by atoms with E-state index in [0.717, 1.165) is 24.2 Å². The normalized spacial score (nSPS) is 22.4. The number of fused-ring (bicyclic) bond motifs is 1. The third-order valence-corrected chi connectivity index (χ3v) is 3.98. The van der Waals surface area contributed by atoms with Gasteiger partial charge in [-0.2, -0.15) is 15.1 Å². The molecule has 8 heteroatoms. The first-order valence-corrected chi connectivity index (χ1v) is 6.75. The van der Waals surface area contributed by atoms with E-state index in [-0.39, 0.29) is 11.2 Å². The molecule has 0 bridgehead atoms. The van der Waals surface area contributed by atoms with Gasteiger partial charge in [0.15, 0.2) is 5.65 Å². The van der Waals surface area contributed by atoms with Crippen LogP contribution in [0.25, 0.3) is 11.0 Å². The van der Waals surface area contributed by atoms with Crippen LogP contribution in [-0.4, -0.2) is 46.2 Å². The molecule has 106 valence electrons. The van der Waals surface area contributed by atoms with E-state index in [1.165, 1.54) is 0 Å². The minimum atomic E-state index is -0.414. The van der Waals surface area contributed by atoms with E-state index in [2.05, 4.69) is 30.4 Å². The lowest BCUT2D eigenvalue weighted by atomic mass is 9.89. The van der Waals surface area contributed by atoms with Crippen LogP contribution in [-0.2, 0) is 4.79 Å². The average molecular weight is 295 g/mol. The molecule has 7 nitrogen and oxygen atoms in total. The molecule has 0 saturated carbocycles. The summed E-state index contributed by atoms with van der Waals surface area (Å²) in [6.45, 7) is 3.30. The van der Waals surface area contributed by atoms with Gasteiger partial charge in [-0.05, 0) is 24.9 Å². The average Bonchev–Trinajstić information content (AvgIpc) is 3.04. The maximum Gasteiger partial charge on any atom is 0.227 e. The Bertz CT molecular complexity index is 671. The van der Waals surface area contributed by atoms with E-state index in [9.17, 15) is 4.79 Å². The number of carbonyl (C=O) groups excluding carboxylic acids is 1. The highest BCUT2D eigenvalue weighted by Crippen LogP contribution is 2.35. The van der Waals surface area contributed by atoms with Crippen molar-refractivity contribution in [3.63, 3.8) is 0 Å². The molecule has 3 heterocycles. The molecule has 1 fully saturated rings. The number of H-pyrrole nitrogens is 1. The van der Waals surface area contributed by atoms with Crippen molar-refractivity contribution in [3.8, 4) is 0 Å². The summed E-state index contributed by atoms with van der Waals surface area (Å²) in [4.78, 5) is 22.4. The smallest absolute Gasteiger partial charge is 0.227 e. The van der Waals surface area contributed by atoms with E-state index in [1.807, 2.05) is 6.92 Å². The Morgan fingerprint density at radius 2 is 2.35 bits per heavy atom. The fourth-order valence-corrected chi connectivity index (χ4v) is 2.83. The first-order valence-electron chi connectivity index (χ1n) is 6.37. The molecule has 0 spiro atoms. The van der Waals surface area contributed by atoms with Crippen molar-refractivity contribution in [3.05, 3.63) is 11.5 Å². The molecule has 1 atom stereocenters. The zero-order chi connectivity index (χ0) is 14.3. The van der Waals surface area contributed by atoms with Gasteiger partial charge in [-0.1, -0.05) is 0 Å². The Kier molecular flexibility index (Phi) is 3.01. The number of aromatic amines is 1. The van der Waals surface area contributed by atoms with Crippen LogP contribution in [0.15, 0.2) is 6.20 Å². The SMILES string of the molecule is CNC(=O)C1(C)CCN(c2nc(Cl)nc3[nH]ncc23)C1. The number of hydrogen-bond acceptors (Lipinski definition) is 5. The van der Waals surface area contributed by atoms with Crippen LogP contribution in [0, 0.1) is 5.41 Å². The van der Waals surface area contributed by atoms with Gasteiger partial charge in [-0.25, -0.2) is 0 Å². The number of hydrogen-bond donors (Lipinski definition) is 2. The van der Waals surface area contributed by atoms with Crippen molar-refractivity contribution in [2.24, 2.45) is 5.41 Å². The second kappa shape index (κ2) is 4.59. The number of anilines is 1. The van der Waals surface area contributed by atoms with Crippen LogP contribution in [0.2, 0.25) is 5.28 Å². The highest BCUT2D eigenvalue weighted by Gasteiger charge is 2.40. The molecular weight excluding hydrogens is 280 g/mol. The van der Waals surface area contributed by atoms with Crippen LogP contribution in [0.3, 0.4) is 0 Å². The maximum absolute atomic E-state index is 12.0. The van der Waals surface area contributed by atoms with Crippen molar-refractivity contribution in [2.45, 2.75) is 13.3 Å². The van der Waals surface area contributed by atoms with E-state index in [4.69, 9.17) is 11.6 Å². The van der Waals surface area contributed by atoms with Crippen LogP contribution >= 0.6 is 11.6 Å². The Labute approximate surface area is 120 Å². The third kappa shape index (κ3) is 1.98. The topological polar surface area (TPSA) is 86.8 Å². The van der Waals surface area contributed by atoms with E-state index in [1.54, 1.807) is 13.2 Å². The molecule has 1 amide bonds. The molecule has 1 saturated heterocycles. The number of nitrogens with one attached hydrogen (secondary N) is 2. The van der Waals surface area contributed by atoms with Crippen LogP contribution < -0.4 is 10.2 Å². The second-order valence-electron chi connectivity index (χ2n) is 5.26. The number of nitrogens with zero attached hydrogens (tertiary/aromatic N) is 4. The van der Waals surface area contributed by atoms with E-state index < -0.39 is 5.41 Å². The lowest BCUT2D eigenvalue weighted by Crippen LogP contribution is -2.39. The van der Waals surface area contributed by atoms with Gasteiger partial charge in [-0.3, -0.25) is 9.89 Å². The zero-order valence-corrected chi connectivity index (χ0v) is 12.0. The second-order valence-corrected chi connectivity index (χ2v) is 5.60. The summed E-state index contributed by atoms with van der Waals surface area (Å²) in [5, 5.41) is 10.5. The number of amides is 1. The molecule has 0 aliphatic carbocycles. The van der Waals surface area contributed by atoms with Crippen LogP contribution in [0.1, 0.15) is 13.3 Å². The Hall–Kier alpha value is -1.89. The summed E-state index contributed by atoms with van der Waals surface area (Å²) in [7, 11) is 1.66. The molecule has 2 N–H and O–H groups in total. The number of halogens is 1. The minimum Gasteiger partial charge on any atom is -0.359 e. The van der Waals surface area contributed by atoms with Crippen molar-refractivity contribution in [1.82, 2.24) is 25.5 Å². The van der Waals surface area contributed by atoms with Crippen LogP contribution in [0.5, 0.6) is 0 Å². The summed E-state index contributed by atoms with van der Waals surface area (Å²) in [5.74, 6) is 0.768. The Morgan fingerprint density at radius 3 is 3.10 bits per heavy atom. The molecule has 0 radical (unpaired) electrons. The Balaban J connectivity index is 1.97. The number of carbonyl (C=O) groups is 1. The summed E-state index contributed by atoms with van der Waals surface area (Å²) in [6, 6.07) is 0. The third-order valence-electron chi connectivity index (χ3n) is 3.81. The summed E-state index contributed by atoms with van der Waals surface area (Å²) in [6.07, 6.45) is 2.45. The largest absolute Gasteiger partial charge is 0.359 e. The number of rotatable bonds is 2. The van der Waals surface area contributed by atoms with Gasteiger partial charge in [0.1, 0.15) is 5.82 Å². The molecular formula is C12H15ClN6O. The van der Waals surface area contributed by atoms with E-state index in [0.29, 0.717) is 12.2 Å². The first kappa shape index (κ1) is 13.1. The van der Waals surface area contributed by atoms with Gasteiger partial charge in [0.05, 0.1) is 17.0 Å². The molecule has 1 aliphatic rings. The van der Waals surface area contributed by atoms with Crippen LogP contribution in [0.4, 0.5) is 5.82 Å². The molecule has 1 aliphatic heterocycles. The molecule has 1 unspecified atom stereocenters. The van der Waals surface area contributed by atoms with Crippen molar-refractivity contribution in [2.75, 3.05) is 25.0 Å². The standard InChI is InChI=1S/C12H15ClN6O/c1-12(10(20)14-2)3-4-19(6-12)9-7-5-15-18-8(7)16-11(13)17-9/h5H,3-4,6H2,1-2H3,(H,14,20)(H,15,16,17,18). The minimum absolute atomic E-state index is 0.0450. The molecule has 20 heavy (non-hydrogen) atoms. The predicted octanol–water partition coefficient (Wildman–Crippen LogP) is 0.969. The van der Waals surface area contributed by atoms with E-state index >= 15 is 0 Å². The van der Waals surface area contributed by atoms with Crippen molar-refractivity contribution < 1.29 is 4.79 Å². The van der Waals surface area contributed by atoms with Crippen molar-refractivity contribution in [1.29, 1.82) is 0 Å². The number of aromatic nitrogens is 4. The lowest BCUT2D eigenvalue weighted by molar-refractivity contribution is -0.128.